The fourth-order valence-corrected chi connectivity index (χ4v) is 0. The Morgan fingerprint density at radius 1 is 0.875 bits per heavy atom. The van der Waals surface area contributed by atoms with Crippen LogP contribution in [-0.4, -0.2) is 0 Å². The molecule has 0 amide bonds. The largest absolute Gasteiger partial charge is 3.00 e. The van der Waals surface area contributed by atoms with Crippen molar-refractivity contribution in [2.24, 2.45) is 0 Å². The van der Waals surface area contributed by atoms with Crippen LogP contribution in [0.2, 0.25) is 0 Å². The Morgan fingerprint density at radius 2 is 0.875 bits per heavy atom. The molecule has 0 nitrogen and oxygen atoms in total. The fourth-order valence-electron chi connectivity index (χ4n) is 0. The second-order valence-electron chi connectivity index (χ2n) is 0.577. The van der Waals surface area contributed by atoms with Crippen LogP contribution in [0.3, 0.4) is 0 Å². The van der Waals surface area contributed by atoms with Crippen LogP contribution in [-0.2, 0) is 32.7 Å². The van der Waals surface area contributed by atoms with Crippen molar-refractivity contribution in [2.75, 3.05) is 0 Å². The standard InChI is InChI=1S/C3H7.2C2H5.Y/c1-3-2;2*1-2;/h3H,1-2H3;2*1H2,2H3;/q3*-1;+3. The average Bonchev–Trinajstić information content (AvgIpc) is 1.78. The van der Waals surface area contributed by atoms with Gasteiger partial charge in [-0.2, -0.15) is 27.7 Å². The molecule has 0 aromatic heterocycles. The zero-order valence-corrected chi connectivity index (χ0v) is 9.41. The van der Waals surface area contributed by atoms with Gasteiger partial charge in [0.25, 0.3) is 0 Å². The van der Waals surface area contributed by atoms with E-state index in [9.17, 15) is 0 Å². The Bertz CT molecular complexity index is 4.35. The summed E-state index contributed by atoms with van der Waals surface area (Å²) in [5.74, 6) is 0. The van der Waals surface area contributed by atoms with Gasteiger partial charge in [0.2, 0.25) is 0 Å². The van der Waals surface area contributed by atoms with E-state index >= 15 is 0 Å². The summed E-state index contributed by atoms with van der Waals surface area (Å²) in [6.07, 6.45) is 2.00. The Kier molecular flexibility index (Phi) is 265. The minimum Gasteiger partial charge on any atom is -0.346 e. The number of hydrogen-bond donors (Lipinski definition) is 0. The Morgan fingerprint density at radius 3 is 0.875 bits per heavy atom. The summed E-state index contributed by atoms with van der Waals surface area (Å²) < 4.78 is 0. The molecule has 0 saturated carbocycles. The third kappa shape index (κ3) is 217. The quantitative estimate of drug-likeness (QED) is 0.515. The topological polar surface area (TPSA) is 0 Å². The predicted octanol–water partition coefficient (Wildman–Crippen LogP) is 2.91. The van der Waals surface area contributed by atoms with Crippen molar-refractivity contribution in [2.45, 2.75) is 27.7 Å². The Balaban J connectivity index is -0.0000000147. The summed E-state index contributed by atoms with van der Waals surface area (Å²) in [6.45, 7) is 14.0. The van der Waals surface area contributed by atoms with Crippen LogP contribution in [0.5, 0.6) is 0 Å². The van der Waals surface area contributed by atoms with Crippen molar-refractivity contribution in [3.8, 4) is 0 Å². The van der Waals surface area contributed by atoms with Crippen LogP contribution < -0.4 is 0 Å². The smallest absolute Gasteiger partial charge is 0.346 e. The normalized spacial score (nSPS) is 3.75. The van der Waals surface area contributed by atoms with E-state index in [1.165, 1.54) is 0 Å². The molecule has 0 atom stereocenters. The molecule has 0 rings (SSSR count). The van der Waals surface area contributed by atoms with Crippen LogP contribution >= 0.6 is 0 Å². The van der Waals surface area contributed by atoms with Gasteiger partial charge in [-0.15, -0.1) is 0 Å². The van der Waals surface area contributed by atoms with Crippen molar-refractivity contribution in [1.82, 2.24) is 0 Å². The molecule has 0 radical (unpaired) electrons. The molecule has 8 heavy (non-hydrogen) atoms. The van der Waals surface area contributed by atoms with Gasteiger partial charge < -0.3 is 20.3 Å². The van der Waals surface area contributed by atoms with Gasteiger partial charge in [-0.25, -0.2) is 0 Å². The van der Waals surface area contributed by atoms with Crippen LogP contribution in [0.15, 0.2) is 0 Å². The first-order valence-corrected chi connectivity index (χ1v) is 2.57. The predicted molar refractivity (Wildman–Crippen MR) is 37.7 cm³/mol. The minimum atomic E-state index is 0. The van der Waals surface area contributed by atoms with Crippen molar-refractivity contribution in [3.63, 3.8) is 0 Å². The van der Waals surface area contributed by atoms with E-state index < -0.39 is 0 Å². The molecule has 0 N–H and O–H groups in total. The van der Waals surface area contributed by atoms with Gasteiger partial charge in [0.15, 0.2) is 0 Å². The first-order chi connectivity index (χ1) is 3.41. The summed E-state index contributed by atoms with van der Waals surface area (Å²) in [6, 6.07) is 0. The van der Waals surface area contributed by atoms with Gasteiger partial charge in [0.1, 0.15) is 0 Å². The third-order valence-electron chi connectivity index (χ3n) is 0. The maximum absolute atomic E-state index is 3.25. The zero-order chi connectivity index (χ0) is 6.71. The van der Waals surface area contributed by atoms with Crippen LogP contribution in [0, 0.1) is 20.3 Å². The summed E-state index contributed by atoms with van der Waals surface area (Å²) in [4.78, 5) is 0. The molecule has 48 valence electrons. The molecule has 0 saturated heterocycles. The zero-order valence-electron chi connectivity index (χ0n) is 6.57. The first-order valence-electron chi connectivity index (χ1n) is 2.57. The first kappa shape index (κ1) is 23.0. The number of rotatable bonds is 0. The minimum absolute atomic E-state index is 0. The van der Waals surface area contributed by atoms with E-state index in [0.29, 0.717) is 0 Å². The van der Waals surface area contributed by atoms with Crippen LogP contribution in [0.25, 0.3) is 0 Å². The van der Waals surface area contributed by atoms with E-state index in [4.69, 9.17) is 0 Å². The van der Waals surface area contributed by atoms with Crippen LogP contribution in [0.1, 0.15) is 27.7 Å². The van der Waals surface area contributed by atoms with Crippen molar-refractivity contribution >= 4 is 0 Å². The summed E-state index contributed by atoms with van der Waals surface area (Å²) >= 11 is 0. The SMILES string of the molecule is C[CH-]C.[CH2-]C.[CH2-]C.[Y+3]. The fraction of sp³-hybridized carbons (Fsp3) is 0.571. The van der Waals surface area contributed by atoms with Gasteiger partial charge in [-0.3, -0.25) is 0 Å². The van der Waals surface area contributed by atoms with E-state index in [-0.39, 0.29) is 32.7 Å². The average molecular weight is 190 g/mol. The van der Waals surface area contributed by atoms with E-state index in [1.807, 2.05) is 20.3 Å². The van der Waals surface area contributed by atoms with Gasteiger partial charge >= 0.3 is 32.7 Å². The van der Waals surface area contributed by atoms with Crippen molar-refractivity contribution < 1.29 is 32.7 Å². The Hall–Kier alpha value is 1.10. The molecule has 0 aliphatic carbocycles. The Labute approximate surface area is 80.3 Å². The van der Waals surface area contributed by atoms with Gasteiger partial charge in [-0.1, -0.05) is 0 Å². The second-order valence-corrected chi connectivity index (χ2v) is 0.577. The monoisotopic (exact) mass is 190 g/mol. The van der Waals surface area contributed by atoms with Crippen molar-refractivity contribution in [1.29, 1.82) is 0 Å². The molecule has 0 unspecified atom stereocenters. The molecule has 0 heterocycles. The molecular weight excluding hydrogens is 173 g/mol. The van der Waals surface area contributed by atoms with Crippen molar-refractivity contribution in [3.05, 3.63) is 20.3 Å². The van der Waals surface area contributed by atoms with Gasteiger partial charge in [0.05, 0.1) is 0 Å². The maximum atomic E-state index is 3.25. The third-order valence-corrected chi connectivity index (χ3v) is 0. The second kappa shape index (κ2) is 92.4. The summed E-state index contributed by atoms with van der Waals surface area (Å²) in [5.41, 5.74) is 0. The van der Waals surface area contributed by atoms with Crippen LogP contribution in [0.4, 0.5) is 0 Å². The molecule has 0 fully saturated rings. The molecular formula is C7H17Y. The molecule has 0 aliphatic rings. The molecule has 1 heteroatoms. The molecule has 0 aliphatic heterocycles. The molecule has 0 spiro atoms. The van der Waals surface area contributed by atoms with E-state index in [2.05, 4.69) is 13.8 Å². The summed E-state index contributed by atoms with van der Waals surface area (Å²) in [7, 11) is 0. The molecule has 0 bridgehead atoms. The number of hydrogen-bond acceptors (Lipinski definition) is 0. The summed E-state index contributed by atoms with van der Waals surface area (Å²) in [5, 5.41) is 0. The molecule has 0 aromatic carbocycles. The van der Waals surface area contributed by atoms with Gasteiger partial charge in [-0.05, 0) is 0 Å². The van der Waals surface area contributed by atoms with Gasteiger partial charge in [0, 0.05) is 0 Å². The molecule has 0 aromatic rings. The maximum Gasteiger partial charge on any atom is 3.00 e. The van der Waals surface area contributed by atoms with E-state index in [0.717, 1.165) is 0 Å². The van der Waals surface area contributed by atoms with E-state index in [1.54, 1.807) is 13.8 Å².